The SMILES string of the molecule is O=C1CCCN1Cc1ccc(C(=O)N2CCN(Cc3ccc(Br)s3)CC2)cc1. The molecule has 0 atom stereocenters. The van der Waals surface area contributed by atoms with Gasteiger partial charge in [0.25, 0.3) is 5.91 Å². The number of carbonyl (C=O) groups excluding carboxylic acids is 2. The summed E-state index contributed by atoms with van der Waals surface area (Å²) >= 11 is 5.28. The van der Waals surface area contributed by atoms with Crippen molar-refractivity contribution in [2.75, 3.05) is 32.7 Å². The Morgan fingerprint density at radius 3 is 2.32 bits per heavy atom. The highest BCUT2D eigenvalue weighted by Gasteiger charge is 2.23. The molecule has 0 unspecified atom stereocenters. The van der Waals surface area contributed by atoms with E-state index in [0.29, 0.717) is 13.0 Å². The third-order valence-electron chi connectivity index (χ3n) is 5.41. The van der Waals surface area contributed by atoms with Crippen molar-refractivity contribution in [1.82, 2.24) is 14.7 Å². The van der Waals surface area contributed by atoms with Crippen LogP contribution in [0.2, 0.25) is 0 Å². The van der Waals surface area contributed by atoms with Crippen LogP contribution >= 0.6 is 27.3 Å². The number of likely N-dealkylation sites (tertiary alicyclic amines) is 1. The quantitative estimate of drug-likeness (QED) is 0.683. The smallest absolute Gasteiger partial charge is 0.253 e. The van der Waals surface area contributed by atoms with Crippen molar-refractivity contribution in [2.45, 2.75) is 25.9 Å². The summed E-state index contributed by atoms with van der Waals surface area (Å²) in [6.07, 6.45) is 1.61. The van der Waals surface area contributed by atoms with E-state index in [9.17, 15) is 9.59 Å². The normalized spacial score (nSPS) is 18.1. The number of carbonyl (C=O) groups is 2. The van der Waals surface area contributed by atoms with Gasteiger partial charge >= 0.3 is 0 Å². The molecule has 0 N–H and O–H groups in total. The zero-order valence-electron chi connectivity index (χ0n) is 15.8. The molecule has 7 heteroatoms. The van der Waals surface area contributed by atoms with Crippen LogP contribution in [-0.2, 0) is 17.9 Å². The number of thiophene rings is 1. The Bertz CT molecular complexity index is 844. The fourth-order valence-electron chi connectivity index (χ4n) is 3.79. The summed E-state index contributed by atoms with van der Waals surface area (Å²) in [5.41, 5.74) is 1.81. The van der Waals surface area contributed by atoms with Crippen LogP contribution in [0.1, 0.15) is 33.6 Å². The number of halogens is 1. The molecule has 1 aromatic carbocycles. The predicted octanol–water partition coefficient (Wildman–Crippen LogP) is 3.59. The highest BCUT2D eigenvalue weighted by atomic mass is 79.9. The Hall–Kier alpha value is -1.70. The Kier molecular flexibility index (Phi) is 6.13. The first-order chi connectivity index (χ1) is 13.6. The van der Waals surface area contributed by atoms with Gasteiger partial charge in [0.15, 0.2) is 0 Å². The van der Waals surface area contributed by atoms with Crippen LogP contribution in [0, 0.1) is 0 Å². The van der Waals surface area contributed by atoms with E-state index in [2.05, 4.69) is 33.0 Å². The van der Waals surface area contributed by atoms with Gasteiger partial charge in [0, 0.05) is 62.7 Å². The van der Waals surface area contributed by atoms with Crippen LogP contribution in [0.5, 0.6) is 0 Å². The van der Waals surface area contributed by atoms with Gasteiger partial charge in [-0.05, 0) is 52.2 Å². The van der Waals surface area contributed by atoms with Crippen LogP contribution in [0.15, 0.2) is 40.2 Å². The van der Waals surface area contributed by atoms with Gasteiger partial charge in [0.05, 0.1) is 3.79 Å². The molecule has 0 saturated carbocycles. The molecule has 5 nitrogen and oxygen atoms in total. The zero-order chi connectivity index (χ0) is 19.5. The number of rotatable bonds is 5. The second kappa shape index (κ2) is 8.76. The van der Waals surface area contributed by atoms with E-state index in [1.165, 1.54) is 4.88 Å². The minimum absolute atomic E-state index is 0.0994. The molecule has 0 radical (unpaired) electrons. The van der Waals surface area contributed by atoms with Crippen LogP contribution in [0.4, 0.5) is 0 Å². The Morgan fingerprint density at radius 1 is 0.964 bits per heavy atom. The molecule has 148 valence electrons. The summed E-state index contributed by atoms with van der Waals surface area (Å²) < 4.78 is 1.16. The summed E-state index contributed by atoms with van der Waals surface area (Å²) in [6, 6.07) is 12.0. The lowest BCUT2D eigenvalue weighted by Crippen LogP contribution is -2.48. The first-order valence-electron chi connectivity index (χ1n) is 9.71. The van der Waals surface area contributed by atoms with E-state index in [1.807, 2.05) is 34.1 Å². The minimum Gasteiger partial charge on any atom is -0.338 e. The van der Waals surface area contributed by atoms with E-state index in [0.717, 1.165) is 60.6 Å². The molecule has 3 heterocycles. The maximum absolute atomic E-state index is 12.8. The van der Waals surface area contributed by atoms with Gasteiger partial charge in [-0.25, -0.2) is 0 Å². The lowest BCUT2D eigenvalue weighted by molar-refractivity contribution is -0.128. The van der Waals surface area contributed by atoms with Gasteiger partial charge in [0.2, 0.25) is 5.91 Å². The van der Waals surface area contributed by atoms with E-state index in [-0.39, 0.29) is 11.8 Å². The van der Waals surface area contributed by atoms with Gasteiger partial charge in [-0.3, -0.25) is 14.5 Å². The van der Waals surface area contributed by atoms with Crippen molar-refractivity contribution in [1.29, 1.82) is 0 Å². The maximum atomic E-state index is 12.8. The van der Waals surface area contributed by atoms with Crippen molar-refractivity contribution in [2.24, 2.45) is 0 Å². The number of benzene rings is 1. The average molecular weight is 462 g/mol. The fraction of sp³-hybridized carbons (Fsp3) is 0.429. The molecule has 2 fully saturated rings. The van der Waals surface area contributed by atoms with Crippen molar-refractivity contribution in [3.8, 4) is 0 Å². The standard InChI is InChI=1S/C21H24BrN3O2S/c22-19-8-7-18(28-19)15-23-10-12-24(13-11-23)21(27)17-5-3-16(4-6-17)14-25-9-1-2-20(25)26/h3-8H,1-2,9-15H2. The number of hydrogen-bond acceptors (Lipinski definition) is 4. The second-order valence-corrected chi connectivity index (χ2v) is 9.94. The Balaban J connectivity index is 1.29. The monoisotopic (exact) mass is 461 g/mol. The Labute approximate surface area is 178 Å². The largest absolute Gasteiger partial charge is 0.338 e. The molecule has 2 amide bonds. The summed E-state index contributed by atoms with van der Waals surface area (Å²) in [4.78, 5) is 32.2. The number of piperazine rings is 1. The van der Waals surface area contributed by atoms with Crippen molar-refractivity contribution < 1.29 is 9.59 Å². The first kappa shape index (κ1) is 19.6. The third kappa shape index (κ3) is 4.64. The molecule has 4 rings (SSSR count). The lowest BCUT2D eigenvalue weighted by atomic mass is 10.1. The van der Waals surface area contributed by atoms with Crippen LogP contribution in [-0.4, -0.2) is 59.2 Å². The molecule has 2 aliphatic rings. The summed E-state index contributed by atoms with van der Waals surface area (Å²) in [7, 11) is 0. The van der Waals surface area contributed by atoms with E-state index in [4.69, 9.17) is 0 Å². The molecular weight excluding hydrogens is 438 g/mol. The molecule has 2 aromatic rings. The molecule has 2 aliphatic heterocycles. The number of amides is 2. The number of nitrogens with zero attached hydrogens (tertiary/aromatic N) is 3. The van der Waals surface area contributed by atoms with Crippen LogP contribution in [0.25, 0.3) is 0 Å². The van der Waals surface area contributed by atoms with Crippen LogP contribution in [0.3, 0.4) is 0 Å². The number of hydrogen-bond donors (Lipinski definition) is 0. The summed E-state index contributed by atoms with van der Waals surface area (Å²) in [6.45, 7) is 5.75. The second-order valence-electron chi connectivity index (χ2n) is 7.39. The molecule has 2 saturated heterocycles. The molecular formula is C21H24BrN3O2S. The molecule has 0 bridgehead atoms. The van der Waals surface area contributed by atoms with Gasteiger partial charge < -0.3 is 9.80 Å². The molecule has 1 aromatic heterocycles. The minimum atomic E-state index is 0.0994. The van der Waals surface area contributed by atoms with Crippen LogP contribution < -0.4 is 0 Å². The molecule has 0 aliphatic carbocycles. The highest BCUT2D eigenvalue weighted by molar-refractivity contribution is 9.11. The van der Waals surface area contributed by atoms with Gasteiger partial charge in [-0.2, -0.15) is 0 Å². The first-order valence-corrected chi connectivity index (χ1v) is 11.3. The highest BCUT2D eigenvalue weighted by Crippen LogP contribution is 2.24. The molecule has 0 spiro atoms. The maximum Gasteiger partial charge on any atom is 0.253 e. The van der Waals surface area contributed by atoms with E-state index in [1.54, 1.807) is 11.3 Å². The predicted molar refractivity (Wildman–Crippen MR) is 114 cm³/mol. The van der Waals surface area contributed by atoms with E-state index >= 15 is 0 Å². The summed E-state index contributed by atoms with van der Waals surface area (Å²) in [5.74, 6) is 0.329. The molecule has 28 heavy (non-hydrogen) atoms. The Morgan fingerprint density at radius 2 is 1.71 bits per heavy atom. The topological polar surface area (TPSA) is 43.9 Å². The third-order valence-corrected chi connectivity index (χ3v) is 7.02. The van der Waals surface area contributed by atoms with E-state index < -0.39 is 0 Å². The van der Waals surface area contributed by atoms with Gasteiger partial charge in [0.1, 0.15) is 0 Å². The average Bonchev–Trinajstić information content (AvgIpc) is 3.30. The fourth-order valence-corrected chi connectivity index (χ4v) is 5.32. The lowest BCUT2D eigenvalue weighted by Gasteiger charge is -2.34. The van der Waals surface area contributed by atoms with Crippen molar-refractivity contribution >= 4 is 39.1 Å². The van der Waals surface area contributed by atoms with Crippen molar-refractivity contribution in [3.05, 3.63) is 56.2 Å². The van der Waals surface area contributed by atoms with Gasteiger partial charge in [-0.15, -0.1) is 11.3 Å². The summed E-state index contributed by atoms with van der Waals surface area (Å²) in [5, 5.41) is 0. The zero-order valence-corrected chi connectivity index (χ0v) is 18.2. The van der Waals surface area contributed by atoms with Crippen molar-refractivity contribution in [3.63, 3.8) is 0 Å². The van der Waals surface area contributed by atoms with Gasteiger partial charge in [-0.1, -0.05) is 12.1 Å².